The zero-order valence-electron chi connectivity index (χ0n) is 15.1. The van der Waals surface area contributed by atoms with Crippen LogP contribution in [0.3, 0.4) is 0 Å². The first-order valence-corrected chi connectivity index (χ1v) is 10.9. The number of ether oxygens (including phenoxy) is 2. The van der Waals surface area contributed by atoms with Crippen molar-refractivity contribution < 1.29 is 19.1 Å². The Morgan fingerprint density at radius 1 is 1.14 bits per heavy atom. The van der Waals surface area contributed by atoms with E-state index in [9.17, 15) is 9.59 Å². The lowest BCUT2D eigenvalue weighted by Gasteiger charge is -2.22. The molecule has 0 spiro atoms. The van der Waals surface area contributed by atoms with Crippen molar-refractivity contribution >= 4 is 40.0 Å². The third kappa shape index (κ3) is 4.74. The van der Waals surface area contributed by atoms with Crippen LogP contribution in [0.5, 0.6) is 11.5 Å². The molecule has 8 nitrogen and oxygen atoms in total. The van der Waals surface area contributed by atoms with Gasteiger partial charge in [0.05, 0.1) is 5.75 Å². The molecule has 0 saturated heterocycles. The normalized spacial score (nSPS) is 16.0. The number of fused-ring (bicyclic) bond motifs is 1. The summed E-state index contributed by atoms with van der Waals surface area (Å²) in [5, 5.41) is 14.2. The minimum absolute atomic E-state index is 0.0121. The highest BCUT2D eigenvalue weighted by molar-refractivity contribution is 8.01. The number of nitrogens with one attached hydrogen (secondary N) is 2. The van der Waals surface area contributed by atoms with Gasteiger partial charge in [-0.2, -0.15) is 0 Å². The molecule has 1 aromatic heterocycles. The molecule has 0 bridgehead atoms. The Morgan fingerprint density at radius 3 is 2.82 bits per heavy atom. The fraction of sp³-hybridized carbons (Fsp3) is 0.444. The van der Waals surface area contributed by atoms with Gasteiger partial charge in [-0.1, -0.05) is 42.4 Å². The Bertz CT molecular complexity index is 867. The van der Waals surface area contributed by atoms with Crippen LogP contribution in [-0.2, 0) is 4.79 Å². The standard InChI is InChI=1S/C18H20N4O4S2/c23-15(19-12-4-2-1-3-5-12)9-27-18-22-21-17(28-18)20-16(24)11-6-7-13-14(8-11)26-10-25-13/h6-8,12H,1-5,9-10H2,(H,19,23)(H,20,21,24). The van der Waals surface area contributed by atoms with E-state index >= 15 is 0 Å². The second-order valence-corrected chi connectivity index (χ2v) is 8.79. The van der Waals surface area contributed by atoms with Crippen molar-refractivity contribution in [1.29, 1.82) is 0 Å². The average Bonchev–Trinajstić information content (AvgIpc) is 3.35. The summed E-state index contributed by atoms with van der Waals surface area (Å²) in [5.41, 5.74) is 0.445. The fourth-order valence-corrected chi connectivity index (χ4v) is 4.73. The number of aromatic nitrogens is 2. The van der Waals surface area contributed by atoms with Gasteiger partial charge in [0.25, 0.3) is 5.91 Å². The Hall–Kier alpha value is -2.33. The summed E-state index contributed by atoms with van der Waals surface area (Å²) in [7, 11) is 0. The fourth-order valence-electron chi connectivity index (χ4n) is 3.17. The van der Waals surface area contributed by atoms with Gasteiger partial charge in [-0.15, -0.1) is 10.2 Å². The molecule has 1 fully saturated rings. The number of carbonyl (C=O) groups excluding carboxylic acids is 2. The highest BCUT2D eigenvalue weighted by Gasteiger charge is 2.18. The zero-order chi connectivity index (χ0) is 19.3. The van der Waals surface area contributed by atoms with Gasteiger partial charge >= 0.3 is 0 Å². The van der Waals surface area contributed by atoms with Crippen LogP contribution in [0.1, 0.15) is 42.5 Å². The number of hydrogen-bond donors (Lipinski definition) is 2. The van der Waals surface area contributed by atoms with Crippen molar-refractivity contribution in [1.82, 2.24) is 15.5 Å². The second kappa shape index (κ2) is 8.78. The van der Waals surface area contributed by atoms with Gasteiger partial charge in [0.15, 0.2) is 15.8 Å². The van der Waals surface area contributed by atoms with E-state index in [2.05, 4.69) is 20.8 Å². The van der Waals surface area contributed by atoms with Gasteiger partial charge in [0, 0.05) is 11.6 Å². The predicted molar refractivity (Wildman–Crippen MR) is 106 cm³/mol. The maximum atomic E-state index is 12.4. The number of hydrogen-bond acceptors (Lipinski definition) is 8. The summed E-state index contributed by atoms with van der Waals surface area (Å²) in [6, 6.07) is 5.29. The maximum Gasteiger partial charge on any atom is 0.257 e. The lowest BCUT2D eigenvalue weighted by Crippen LogP contribution is -2.37. The van der Waals surface area contributed by atoms with E-state index in [0.29, 0.717) is 38.3 Å². The lowest BCUT2D eigenvalue weighted by molar-refractivity contribution is -0.119. The molecule has 1 aromatic carbocycles. The largest absolute Gasteiger partial charge is 0.454 e. The third-order valence-corrected chi connectivity index (χ3v) is 6.53. The molecule has 1 aliphatic heterocycles. The van der Waals surface area contributed by atoms with Crippen LogP contribution in [-0.4, -0.2) is 40.6 Å². The van der Waals surface area contributed by atoms with Gasteiger partial charge in [0.1, 0.15) is 0 Å². The topological polar surface area (TPSA) is 102 Å². The number of carbonyl (C=O) groups is 2. The summed E-state index contributed by atoms with van der Waals surface area (Å²) >= 11 is 2.56. The molecule has 2 aromatic rings. The minimum Gasteiger partial charge on any atom is -0.454 e. The van der Waals surface area contributed by atoms with Gasteiger partial charge in [-0.3, -0.25) is 14.9 Å². The first kappa shape index (κ1) is 19.0. The van der Waals surface area contributed by atoms with Crippen molar-refractivity contribution in [2.45, 2.75) is 42.5 Å². The number of thioether (sulfide) groups is 1. The molecule has 0 radical (unpaired) electrons. The highest BCUT2D eigenvalue weighted by atomic mass is 32.2. The Labute approximate surface area is 170 Å². The smallest absolute Gasteiger partial charge is 0.257 e. The van der Waals surface area contributed by atoms with E-state index in [4.69, 9.17) is 9.47 Å². The van der Waals surface area contributed by atoms with Gasteiger partial charge < -0.3 is 14.8 Å². The summed E-state index contributed by atoms with van der Waals surface area (Å²) in [5.74, 6) is 1.17. The van der Waals surface area contributed by atoms with Crippen molar-refractivity contribution in [3.8, 4) is 11.5 Å². The maximum absolute atomic E-state index is 12.4. The van der Waals surface area contributed by atoms with Crippen LogP contribution in [0, 0.1) is 0 Å². The summed E-state index contributed by atoms with van der Waals surface area (Å²) in [6.07, 6.45) is 5.74. The van der Waals surface area contributed by atoms with Crippen LogP contribution < -0.4 is 20.1 Å². The lowest BCUT2D eigenvalue weighted by atomic mass is 9.95. The highest BCUT2D eigenvalue weighted by Crippen LogP contribution is 2.33. The molecular weight excluding hydrogens is 400 g/mol. The van der Waals surface area contributed by atoms with Crippen LogP contribution in [0.2, 0.25) is 0 Å². The van der Waals surface area contributed by atoms with E-state index in [-0.39, 0.29) is 18.6 Å². The van der Waals surface area contributed by atoms with Crippen molar-refractivity contribution in [2.75, 3.05) is 17.9 Å². The van der Waals surface area contributed by atoms with E-state index in [1.165, 1.54) is 42.4 Å². The van der Waals surface area contributed by atoms with Crippen molar-refractivity contribution in [3.05, 3.63) is 23.8 Å². The molecule has 1 saturated carbocycles. The molecule has 4 rings (SSSR count). The molecule has 2 heterocycles. The number of nitrogens with zero attached hydrogens (tertiary/aromatic N) is 2. The van der Waals surface area contributed by atoms with Gasteiger partial charge in [-0.25, -0.2) is 0 Å². The Kier molecular flexibility index (Phi) is 5.96. The van der Waals surface area contributed by atoms with Crippen molar-refractivity contribution in [3.63, 3.8) is 0 Å². The van der Waals surface area contributed by atoms with E-state index in [1.54, 1.807) is 18.2 Å². The van der Waals surface area contributed by atoms with E-state index < -0.39 is 0 Å². The monoisotopic (exact) mass is 420 g/mol. The van der Waals surface area contributed by atoms with E-state index in [1.807, 2.05) is 0 Å². The first-order chi connectivity index (χ1) is 13.7. The van der Waals surface area contributed by atoms with Crippen molar-refractivity contribution in [2.24, 2.45) is 0 Å². The molecule has 2 amide bonds. The number of amides is 2. The summed E-state index contributed by atoms with van der Waals surface area (Å²) in [4.78, 5) is 24.5. The van der Waals surface area contributed by atoms with Gasteiger partial charge in [0.2, 0.25) is 17.8 Å². The molecule has 148 valence electrons. The van der Waals surface area contributed by atoms with Crippen LogP contribution in [0.25, 0.3) is 0 Å². The van der Waals surface area contributed by atoms with Crippen LogP contribution >= 0.6 is 23.1 Å². The SMILES string of the molecule is O=C(CSc1nnc(NC(=O)c2ccc3c(c2)OCO3)s1)NC1CCCCC1. The molecule has 1 aliphatic carbocycles. The molecule has 10 heteroatoms. The number of anilines is 1. The van der Waals surface area contributed by atoms with Crippen LogP contribution in [0.15, 0.2) is 22.5 Å². The molecule has 0 atom stereocenters. The Morgan fingerprint density at radius 2 is 1.96 bits per heavy atom. The summed E-state index contributed by atoms with van der Waals surface area (Å²) < 4.78 is 11.2. The molecular formula is C18H20N4O4S2. The first-order valence-electron chi connectivity index (χ1n) is 9.14. The molecule has 28 heavy (non-hydrogen) atoms. The third-order valence-electron chi connectivity index (χ3n) is 4.56. The van der Waals surface area contributed by atoms with Gasteiger partial charge in [-0.05, 0) is 31.0 Å². The minimum atomic E-state index is -0.305. The number of benzene rings is 1. The number of rotatable bonds is 6. The Balaban J connectivity index is 1.27. The quantitative estimate of drug-likeness (QED) is 0.547. The molecule has 2 aliphatic rings. The molecule has 2 N–H and O–H groups in total. The van der Waals surface area contributed by atoms with Crippen LogP contribution in [0.4, 0.5) is 5.13 Å². The average molecular weight is 421 g/mol. The predicted octanol–water partition coefficient (Wildman–Crippen LogP) is 3.06. The zero-order valence-corrected chi connectivity index (χ0v) is 16.7. The second-order valence-electron chi connectivity index (χ2n) is 6.59. The van der Waals surface area contributed by atoms with E-state index in [0.717, 1.165) is 12.8 Å². The summed E-state index contributed by atoms with van der Waals surface area (Å²) in [6.45, 7) is 0.158. The molecule has 0 unspecified atom stereocenters.